The number of hydrogen-bond donors (Lipinski definition) is 2. The molecular weight excluding hydrogens is 330 g/mol. The number of halogens is 1. The standard InChI is InChI=1S/C16H10BrN3O/c17-12-4-5-14(11(8-12)9-18)20-16(21)13-3-1-2-10-6-7-19-15(10)13/h1-8,19H,(H,20,21). The highest BCUT2D eigenvalue weighted by molar-refractivity contribution is 9.10. The van der Waals surface area contributed by atoms with Gasteiger partial charge in [-0.15, -0.1) is 0 Å². The maximum absolute atomic E-state index is 12.4. The van der Waals surface area contributed by atoms with Gasteiger partial charge in [0, 0.05) is 16.1 Å². The molecule has 2 aromatic carbocycles. The average molecular weight is 340 g/mol. The largest absolute Gasteiger partial charge is 0.361 e. The first-order chi connectivity index (χ1) is 10.2. The first kappa shape index (κ1) is 13.4. The maximum atomic E-state index is 12.4. The summed E-state index contributed by atoms with van der Waals surface area (Å²) in [6.07, 6.45) is 1.79. The highest BCUT2D eigenvalue weighted by Gasteiger charge is 2.13. The van der Waals surface area contributed by atoms with Crippen molar-refractivity contribution in [3.63, 3.8) is 0 Å². The van der Waals surface area contributed by atoms with Crippen LogP contribution in [0.25, 0.3) is 10.9 Å². The Kier molecular flexibility index (Phi) is 3.46. The summed E-state index contributed by atoms with van der Waals surface area (Å²) >= 11 is 3.31. The number of benzene rings is 2. The normalized spacial score (nSPS) is 10.3. The van der Waals surface area contributed by atoms with Crippen LogP contribution in [0.2, 0.25) is 0 Å². The van der Waals surface area contributed by atoms with Crippen molar-refractivity contribution in [3.8, 4) is 6.07 Å². The lowest BCUT2D eigenvalue weighted by molar-refractivity contribution is 0.102. The smallest absolute Gasteiger partial charge is 0.257 e. The van der Waals surface area contributed by atoms with Gasteiger partial charge in [-0.1, -0.05) is 28.1 Å². The second-order valence-corrected chi connectivity index (χ2v) is 5.42. The van der Waals surface area contributed by atoms with Crippen molar-refractivity contribution < 1.29 is 4.79 Å². The van der Waals surface area contributed by atoms with E-state index in [9.17, 15) is 4.79 Å². The van der Waals surface area contributed by atoms with E-state index in [1.807, 2.05) is 18.2 Å². The van der Waals surface area contributed by atoms with Crippen molar-refractivity contribution >= 4 is 38.4 Å². The van der Waals surface area contributed by atoms with Crippen LogP contribution in [0.15, 0.2) is 53.1 Å². The van der Waals surface area contributed by atoms with Gasteiger partial charge in [0.1, 0.15) is 6.07 Å². The highest BCUT2D eigenvalue weighted by atomic mass is 79.9. The molecule has 1 aromatic heterocycles. The predicted octanol–water partition coefficient (Wildman–Crippen LogP) is 4.05. The van der Waals surface area contributed by atoms with E-state index in [0.29, 0.717) is 16.8 Å². The lowest BCUT2D eigenvalue weighted by Crippen LogP contribution is -2.13. The van der Waals surface area contributed by atoms with Crippen LogP contribution in [0.3, 0.4) is 0 Å². The van der Waals surface area contributed by atoms with Crippen LogP contribution < -0.4 is 5.32 Å². The monoisotopic (exact) mass is 339 g/mol. The van der Waals surface area contributed by atoms with Gasteiger partial charge in [-0.05, 0) is 30.3 Å². The van der Waals surface area contributed by atoms with E-state index in [2.05, 4.69) is 32.3 Å². The van der Waals surface area contributed by atoms with Gasteiger partial charge in [0.15, 0.2) is 0 Å². The van der Waals surface area contributed by atoms with Crippen LogP contribution >= 0.6 is 15.9 Å². The Labute approximate surface area is 129 Å². The molecule has 0 atom stereocenters. The number of aromatic amines is 1. The number of carbonyl (C=O) groups is 1. The quantitative estimate of drug-likeness (QED) is 0.739. The number of aromatic nitrogens is 1. The molecule has 1 amide bonds. The summed E-state index contributed by atoms with van der Waals surface area (Å²) in [5.74, 6) is -0.248. The van der Waals surface area contributed by atoms with E-state index in [1.165, 1.54) is 0 Å². The summed E-state index contributed by atoms with van der Waals surface area (Å²) in [6, 6.07) is 14.7. The number of H-pyrrole nitrogens is 1. The topological polar surface area (TPSA) is 68.7 Å². The van der Waals surface area contributed by atoms with E-state index in [1.54, 1.807) is 30.5 Å². The third kappa shape index (κ3) is 2.54. The van der Waals surface area contributed by atoms with E-state index >= 15 is 0 Å². The molecule has 2 N–H and O–H groups in total. The number of anilines is 1. The van der Waals surface area contributed by atoms with Gasteiger partial charge in [0.2, 0.25) is 0 Å². The zero-order valence-electron chi connectivity index (χ0n) is 10.9. The molecular formula is C16H10BrN3O. The Morgan fingerprint density at radius 2 is 2.10 bits per heavy atom. The molecule has 1 heterocycles. The molecule has 5 heteroatoms. The summed E-state index contributed by atoms with van der Waals surface area (Å²) in [5, 5.41) is 12.9. The number of amides is 1. The molecule has 0 spiro atoms. The number of carbonyl (C=O) groups excluding carboxylic acids is 1. The van der Waals surface area contributed by atoms with E-state index in [-0.39, 0.29) is 5.91 Å². The van der Waals surface area contributed by atoms with Gasteiger partial charge in [0.05, 0.1) is 22.3 Å². The van der Waals surface area contributed by atoms with Crippen molar-refractivity contribution in [2.75, 3.05) is 5.32 Å². The zero-order chi connectivity index (χ0) is 14.8. The molecule has 3 rings (SSSR count). The van der Waals surface area contributed by atoms with Crippen molar-refractivity contribution in [2.24, 2.45) is 0 Å². The Balaban J connectivity index is 1.97. The Hall–Kier alpha value is -2.58. The Morgan fingerprint density at radius 3 is 2.90 bits per heavy atom. The second kappa shape index (κ2) is 5.43. The third-order valence-electron chi connectivity index (χ3n) is 3.18. The van der Waals surface area contributed by atoms with Gasteiger partial charge in [0.25, 0.3) is 5.91 Å². The first-order valence-electron chi connectivity index (χ1n) is 6.26. The summed E-state index contributed by atoms with van der Waals surface area (Å²) < 4.78 is 0.795. The molecule has 21 heavy (non-hydrogen) atoms. The predicted molar refractivity (Wildman–Crippen MR) is 85.1 cm³/mol. The molecule has 0 aliphatic heterocycles. The average Bonchev–Trinajstić information content (AvgIpc) is 2.97. The van der Waals surface area contributed by atoms with Gasteiger partial charge in [-0.2, -0.15) is 5.26 Å². The molecule has 0 aliphatic carbocycles. The molecule has 3 aromatic rings. The number of rotatable bonds is 2. The number of para-hydroxylation sites is 1. The SMILES string of the molecule is N#Cc1cc(Br)ccc1NC(=O)c1cccc2cc[nH]c12. The Morgan fingerprint density at radius 1 is 1.24 bits per heavy atom. The van der Waals surface area contributed by atoms with Gasteiger partial charge < -0.3 is 10.3 Å². The van der Waals surface area contributed by atoms with Gasteiger partial charge >= 0.3 is 0 Å². The van der Waals surface area contributed by atoms with Gasteiger partial charge in [-0.25, -0.2) is 0 Å². The fraction of sp³-hybridized carbons (Fsp3) is 0. The third-order valence-corrected chi connectivity index (χ3v) is 3.68. The van der Waals surface area contributed by atoms with Gasteiger partial charge in [-0.3, -0.25) is 4.79 Å². The van der Waals surface area contributed by atoms with Crippen molar-refractivity contribution in [1.29, 1.82) is 5.26 Å². The number of fused-ring (bicyclic) bond motifs is 1. The van der Waals surface area contributed by atoms with E-state index in [0.717, 1.165) is 15.4 Å². The van der Waals surface area contributed by atoms with Crippen LogP contribution in [0, 0.1) is 11.3 Å². The fourth-order valence-corrected chi connectivity index (χ4v) is 2.54. The fourth-order valence-electron chi connectivity index (χ4n) is 2.18. The van der Waals surface area contributed by atoms with Crippen LogP contribution in [0.4, 0.5) is 5.69 Å². The summed E-state index contributed by atoms with van der Waals surface area (Å²) in [4.78, 5) is 15.5. The van der Waals surface area contributed by atoms with Crippen LogP contribution in [-0.4, -0.2) is 10.9 Å². The number of nitrogens with zero attached hydrogens (tertiary/aromatic N) is 1. The van der Waals surface area contributed by atoms with Crippen molar-refractivity contribution in [1.82, 2.24) is 4.98 Å². The molecule has 0 saturated heterocycles. The maximum Gasteiger partial charge on any atom is 0.257 e. The second-order valence-electron chi connectivity index (χ2n) is 4.50. The van der Waals surface area contributed by atoms with E-state index in [4.69, 9.17) is 5.26 Å². The molecule has 0 unspecified atom stereocenters. The van der Waals surface area contributed by atoms with Crippen molar-refractivity contribution in [2.45, 2.75) is 0 Å². The molecule has 0 radical (unpaired) electrons. The summed E-state index contributed by atoms with van der Waals surface area (Å²) in [6.45, 7) is 0. The van der Waals surface area contributed by atoms with Crippen molar-refractivity contribution in [3.05, 3.63) is 64.3 Å². The summed E-state index contributed by atoms with van der Waals surface area (Å²) in [5.41, 5.74) is 2.24. The van der Waals surface area contributed by atoms with Crippen LogP contribution in [0.1, 0.15) is 15.9 Å². The highest BCUT2D eigenvalue weighted by Crippen LogP contribution is 2.22. The molecule has 0 saturated carbocycles. The Bertz CT molecular complexity index is 877. The minimum Gasteiger partial charge on any atom is -0.361 e. The number of hydrogen-bond acceptors (Lipinski definition) is 2. The van der Waals surface area contributed by atoms with E-state index < -0.39 is 0 Å². The minimum absolute atomic E-state index is 0.248. The molecule has 102 valence electrons. The lowest BCUT2D eigenvalue weighted by Gasteiger charge is -2.08. The van der Waals surface area contributed by atoms with Crippen LogP contribution in [0.5, 0.6) is 0 Å². The number of nitriles is 1. The number of nitrogens with one attached hydrogen (secondary N) is 2. The lowest BCUT2D eigenvalue weighted by atomic mass is 10.1. The first-order valence-corrected chi connectivity index (χ1v) is 7.05. The van der Waals surface area contributed by atoms with Crippen LogP contribution in [-0.2, 0) is 0 Å². The molecule has 0 bridgehead atoms. The minimum atomic E-state index is -0.248. The molecule has 4 nitrogen and oxygen atoms in total. The molecule has 0 aliphatic rings. The molecule has 0 fully saturated rings. The summed E-state index contributed by atoms with van der Waals surface area (Å²) in [7, 11) is 0. The zero-order valence-corrected chi connectivity index (χ0v) is 12.4.